The van der Waals surface area contributed by atoms with E-state index < -0.39 is 6.10 Å². The summed E-state index contributed by atoms with van der Waals surface area (Å²) in [6.07, 6.45) is 56.8. The Hall–Kier alpha value is -2.63. The predicted molar refractivity (Wildman–Crippen MR) is 252 cm³/mol. The average Bonchev–Trinajstić information content (AvgIpc) is 3.23. The highest BCUT2D eigenvalue weighted by molar-refractivity contribution is 5.71. The molecule has 0 aromatic rings. The summed E-state index contributed by atoms with van der Waals surface area (Å²) in [6.45, 7) is 6.47. The van der Waals surface area contributed by atoms with Crippen molar-refractivity contribution in [1.82, 2.24) is 0 Å². The van der Waals surface area contributed by atoms with Crippen LogP contribution in [-0.2, 0) is 28.6 Å². The van der Waals surface area contributed by atoms with Gasteiger partial charge in [-0.2, -0.15) is 0 Å². The highest BCUT2D eigenvalue weighted by Crippen LogP contribution is 2.16. The molecule has 0 spiro atoms. The number of carbonyl (C=O) groups excluding carboxylic acids is 3. The van der Waals surface area contributed by atoms with Crippen LogP contribution in [0, 0.1) is 0 Å². The molecule has 1 unspecified atom stereocenters. The summed E-state index contributed by atoms with van der Waals surface area (Å²) in [5, 5.41) is 0. The lowest BCUT2D eigenvalue weighted by molar-refractivity contribution is -0.166. The maximum atomic E-state index is 12.7. The minimum Gasteiger partial charge on any atom is -0.462 e. The quantitative estimate of drug-likeness (QED) is 0.0263. The molecule has 0 amide bonds. The molecule has 0 aliphatic heterocycles. The van der Waals surface area contributed by atoms with Crippen molar-refractivity contribution in [2.75, 3.05) is 13.2 Å². The van der Waals surface area contributed by atoms with Crippen molar-refractivity contribution < 1.29 is 28.6 Å². The van der Waals surface area contributed by atoms with Gasteiger partial charge in [0.1, 0.15) is 13.2 Å². The van der Waals surface area contributed by atoms with Crippen LogP contribution in [0.5, 0.6) is 0 Å². The summed E-state index contributed by atoms with van der Waals surface area (Å²) >= 11 is 0. The third-order valence-electron chi connectivity index (χ3n) is 10.9. The van der Waals surface area contributed by atoms with Gasteiger partial charge in [-0.3, -0.25) is 14.4 Å². The highest BCUT2D eigenvalue weighted by atomic mass is 16.6. The van der Waals surface area contributed by atoms with Crippen molar-refractivity contribution in [1.29, 1.82) is 0 Å². The lowest BCUT2D eigenvalue weighted by atomic mass is 10.0. The number of hydrogen-bond acceptors (Lipinski definition) is 6. The highest BCUT2D eigenvalue weighted by Gasteiger charge is 2.19. The minimum atomic E-state index is -0.805. The number of unbranched alkanes of at least 4 members (excludes halogenated alkanes) is 26. The first-order valence-electron chi connectivity index (χ1n) is 25.1. The number of rotatable bonds is 45. The van der Waals surface area contributed by atoms with Gasteiger partial charge in [0, 0.05) is 19.3 Å². The van der Waals surface area contributed by atoms with E-state index in [2.05, 4.69) is 57.2 Å². The number of allylic oxidation sites excluding steroid dienone is 8. The Morgan fingerprint density at radius 3 is 1.00 bits per heavy atom. The Balaban J connectivity index is 4.41. The molecule has 0 bridgehead atoms. The molecule has 6 heteroatoms. The van der Waals surface area contributed by atoms with Gasteiger partial charge in [-0.05, 0) is 44.9 Å². The van der Waals surface area contributed by atoms with Crippen LogP contribution < -0.4 is 0 Å². The second-order valence-corrected chi connectivity index (χ2v) is 16.7. The van der Waals surface area contributed by atoms with E-state index in [-0.39, 0.29) is 37.5 Å². The van der Waals surface area contributed by atoms with E-state index in [1.54, 1.807) is 0 Å². The van der Waals surface area contributed by atoms with Crippen LogP contribution in [0.3, 0.4) is 0 Å². The molecule has 0 aromatic heterocycles. The maximum absolute atomic E-state index is 12.7. The molecule has 0 N–H and O–H groups in total. The molecule has 0 saturated heterocycles. The van der Waals surface area contributed by atoms with Crippen molar-refractivity contribution in [2.24, 2.45) is 0 Å². The molecule has 342 valence electrons. The van der Waals surface area contributed by atoms with Crippen molar-refractivity contribution >= 4 is 17.9 Å². The molecule has 1 atom stereocenters. The molecule has 0 rings (SSSR count). The smallest absolute Gasteiger partial charge is 0.306 e. The summed E-state index contributed by atoms with van der Waals surface area (Å²) in [5.41, 5.74) is 0. The van der Waals surface area contributed by atoms with Crippen LogP contribution in [0.15, 0.2) is 48.6 Å². The van der Waals surface area contributed by atoms with Crippen molar-refractivity contribution in [3.8, 4) is 0 Å². The Kier molecular flexibility index (Phi) is 45.9. The van der Waals surface area contributed by atoms with Gasteiger partial charge in [0.05, 0.1) is 0 Å². The zero-order valence-electron chi connectivity index (χ0n) is 39.0. The first kappa shape index (κ1) is 56.4. The molecule has 0 aromatic carbocycles. The molecule has 6 nitrogen and oxygen atoms in total. The molecule has 0 aliphatic rings. The SMILES string of the molecule is CC/C=C\C/C=C\C/C=C\C/C=C\CCC(=O)OC(COC(=O)CCCCCCCCCCCCCC)COC(=O)CCCCCCCCCCCCCCCCCC. The molecule has 0 saturated carbocycles. The van der Waals surface area contributed by atoms with E-state index in [0.29, 0.717) is 19.3 Å². The summed E-state index contributed by atoms with van der Waals surface area (Å²) in [5.74, 6) is -0.972. The van der Waals surface area contributed by atoms with E-state index in [1.807, 2.05) is 12.2 Å². The Labute approximate surface area is 365 Å². The lowest BCUT2D eigenvalue weighted by Gasteiger charge is -2.18. The minimum absolute atomic E-state index is 0.0979. The van der Waals surface area contributed by atoms with Crippen molar-refractivity contribution in [2.45, 2.75) is 258 Å². The van der Waals surface area contributed by atoms with E-state index in [0.717, 1.165) is 64.2 Å². The first-order chi connectivity index (χ1) is 29.0. The fraction of sp³-hybridized carbons (Fsp3) is 0.792. The molecule has 0 aliphatic carbocycles. The fourth-order valence-corrected chi connectivity index (χ4v) is 7.10. The molecule has 0 heterocycles. The lowest BCUT2D eigenvalue weighted by Crippen LogP contribution is -2.30. The van der Waals surface area contributed by atoms with Crippen LogP contribution in [0.4, 0.5) is 0 Å². The molecular formula is C53H94O6. The summed E-state index contributed by atoms with van der Waals surface area (Å²) in [6, 6.07) is 0. The average molecular weight is 827 g/mol. The number of esters is 3. The van der Waals surface area contributed by atoms with Crippen LogP contribution in [-0.4, -0.2) is 37.2 Å². The first-order valence-corrected chi connectivity index (χ1v) is 25.1. The summed E-state index contributed by atoms with van der Waals surface area (Å²) in [7, 11) is 0. The van der Waals surface area contributed by atoms with E-state index in [4.69, 9.17) is 14.2 Å². The summed E-state index contributed by atoms with van der Waals surface area (Å²) in [4.78, 5) is 37.8. The van der Waals surface area contributed by atoms with E-state index in [9.17, 15) is 14.4 Å². The van der Waals surface area contributed by atoms with Crippen molar-refractivity contribution in [3.63, 3.8) is 0 Å². The summed E-state index contributed by atoms with van der Waals surface area (Å²) < 4.78 is 16.7. The Morgan fingerprint density at radius 1 is 0.356 bits per heavy atom. The third kappa shape index (κ3) is 46.3. The largest absolute Gasteiger partial charge is 0.462 e. The topological polar surface area (TPSA) is 78.9 Å². The van der Waals surface area contributed by atoms with Crippen molar-refractivity contribution in [3.05, 3.63) is 48.6 Å². The Morgan fingerprint density at radius 2 is 0.661 bits per heavy atom. The molecule has 59 heavy (non-hydrogen) atoms. The molecule has 0 radical (unpaired) electrons. The van der Waals surface area contributed by atoms with Gasteiger partial charge in [-0.15, -0.1) is 0 Å². The van der Waals surface area contributed by atoms with Gasteiger partial charge in [-0.25, -0.2) is 0 Å². The van der Waals surface area contributed by atoms with Crippen LogP contribution in [0.2, 0.25) is 0 Å². The van der Waals surface area contributed by atoms with Gasteiger partial charge in [-0.1, -0.05) is 236 Å². The van der Waals surface area contributed by atoms with Gasteiger partial charge >= 0.3 is 17.9 Å². The number of carbonyl (C=O) groups is 3. The standard InChI is InChI=1S/C53H94O6/c1-4-7-10-13-16-19-22-25-26-27-29-31-34-37-40-43-46-52(55)58-49-50(48-57-51(54)45-42-39-36-33-30-24-21-18-15-12-9-6-3)59-53(56)47-44-41-38-35-32-28-23-20-17-14-11-8-5-2/h8,11,17,20,28,32,38,41,50H,4-7,9-10,12-16,18-19,21-27,29-31,33-37,39-40,42-49H2,1-3H3/b11-8-,20-17-,32-28-,41-38-. The predicted octanol–water partition coefficient (Wildman–Crippen LogP) is 16.3. The molecule has 0 fully saturated rings. The van der Waals surface area contributed by atoms with Gasteiger partial charge < -0.3 is 14.2 Å². The Bertz CT molecular complexity index is 1040. The second-order valence-electron chi connectivity index (χ2n) is 16.7. The van der Waals surface area contributed by atoms with E-state index in [1.165, 1.54) is 141 Å². The van der Waals surface area contributed by atoms with Crippen LogP contribution in [0.25, 0.3) is 0 Å². The van der Waals surface area contributed by atoms with Crippen LogP contribution in [0.1, 0.15) is 252 Å². The maximum Gasteiger partial charge on any atom is 0.306 e. The van der Waals surface area contributed by atoms with Crippen LogP contribution >= 0.6 is 0 Å². The zero-order chi connectivity index (χ0) is 43.0. The van der Waals surface area contributed by atoms with Gasteiger partial charge in [0.25, 0.3) is 0 Å². The fourth-order valence-electron chi connectivity index (χ4n) is 7.10. The van der Waals surface area contributed by atoms with E-state index >= 15 is 0 Å². The third-order valence-corrected chi connectivity index (χ3v) is 10.9. The zero-order valence-corrected chi connectivity index (χ0v) is 39.0. The molecular weight excluding hydrogens is 733 g/mol. The monoisotopic (exact) mass is 827 g/mol. The van der Waals surface area contributed by atoms with Gasteiger partial charge in [0.15, 0.2) is 6.10 Å². The second kappa shape index (κ2) is 48.0. The normalized spacial score (nSPS) is 12.4. The number of hydrogen-bond donors (Lipinski definition) is 0. The number of ether oxygens (including phenoxy) is 3. The van der Waals surface area contributed by atoms with Gasteiger partial charge in [0.2, 0.25) is 0 Å².